The van der Waals surface area contributed by atoms with Gasteiger partial charge in [-0.15, -0.1) is 0 Å². The average molecular weight is 260 g/mol. The summed E-state index contributed by atoms with van der Waals surface area (Å²) in [6.45, 7) is 0. The third-order valence-electron chi connectivity index (χ3n) is 1.82. The van der Waals surface area contributed by atoms with Crippen LogP contribution in [0.4, 0.5) is 0 Å². The number of benzene rings is 1. The number of halogens is 1. The number of carboxylic acids is 1. The molecular formula is C9H10BrNO3. The van der Waals surface area contributed by atoms with E-state index < -0.39 is 18.1 Å². The SMILES string of the molecule is NC(C(=O)O)C(O)c1cccc(Br)c1. The van der Waals surface area contributed by atoms with E-state index in [0.29, 0.717) is 5.56 Å². The van der Waals surface area contributed by atoms with Gasteiger partial charge in [-0.3, -0.25) is 4.79 Å². The molecule has 0 radical (unpaired) electrons. The third kappa shape index (κ3) is 2.54. The highest BCUT2D eigenvalue weighted by atomic mass is 79.9. The number of hydrogen-bond acceptors (Lipinski definition) is 3. The lowest BCUT2D eigenvalue weighted by molar-refractivity contribution is -0.141. The van der Waals surface area contributed by atoms with Crippen molar-refractivity contribution < 1.29 is 15.0 Å². The molecule has 0 saturated heterocycles. The molecular weight excluding hydrogens is 250 g/mol. The van der Waals surface area contributed by atoms with Crippen LogP contribution in [0.3, 0.4) is 0 Å². The fraction of sp³-hybridized carbons (Fsp3) is 0.222. The van der Waals surface area contributed by atoms with E-state index in [1.165, 1.54) is 0 Å². The van der Waals surface area contributed by atoms with Crippen molar-refractivity contribution in [3.8, 4) is 0 Å². The van der Waals surface area contributed by atoms with E-state index in [2.05, 4.69) is 15.9 Å². The molecule has 0 fully saturated rings. The van der Waals surface area contributed by atoms with Gasteiger partial charge in [0.25, 0.3) is 0 Å². The quantitative estimate of drug-likeness (QED) is 0.753. The predicted octanol–water partition coefficient (Wildman–Crippen LogP) is 0.894. The Balaban J connectivity index is 2.89. The van der Waals surface area contributed by atoms with Gasteiger partial charge < -0.3 is 15.9 Å². The first-order chi connectivity index (χ1) is 6.52. The summed E-state index contributed by atoms with van der Waals surface area (Å²) in [6, 6.07) is 5.44. The van der Waals surface area contributed by atoms with Crippen molar-refractivity contribution in [1.29, 1.82) is 0 Å². The Bertz CT molecular complexity index is 343. The fourth-order valence-electron chi connectivity index (χ4n) is 1.03. The van der Waals surface area contributed by atoms with Gasteiger partial charge in [-0.1, -0.05) is 28.1 Å². The zero-order valence-corrected chi connectivity index (χ0v) is 8.81. The lowest BCUT2D eigenvalue weighted by Gasteiger charge is -2.15. The van der Waals surface area contributed by atoms with Gasteiger partial charge in [0.2, 0.25) is 0 Å². The summed E-state index contributed by atoms with van der Waals surface area (Å²) in [4.78, 5) is 10.5. The van der Waals surface area contributed by atoms with Crippen molar-refractivity contribution in [3.63, 3.8) is 0 Å². The number of carbonyl (C=O) groups is 1. The van der Waals surface area contributed by atoms with Gasteiger partial charge in [-0.05, 0) is 17.7 Å². The van der Waals surface area contributed by atoms with E-state index in [-0.39, 0.29) is 0 Å². The van der Waals surface area contributed by atoms with Crippen molar-refractivity contribution in [2.24, 2.45) is 5.73 Å². The van der Waals surface area contributed by atoms with Crippen LogP contribution in [0.25, 0.3) is 0 Å². The van der Waals surface area contributed by atoms with Crippen LogP contribution < -0.4 is 5.73 Å². The van der Waals surface area contributed by atoms with Crippen LogP contribution in [0, 0.1) is 0 Å². The number of nitrogens with two attached hydrogens (primary N) is 1. The van der Waals surface area contributed by atoms with E-state index in [4.69, 9.17) is 10.8 Å². The molecule has 0 saturated carbocycles. The molecule has 1 aromatic carbocycles. The van der Waals surface area contributed by atoms with Gasteiger partial charge in [-0.2, -0.15) is 0 Å². The molecule has 0 heterocycles. The number of hydrogen-bond donors (Lipinski definition) is 3. The topological polar surface area (TPSA) is 83.6 Å². The Kier molecular flexibility index (Phi) is 3.62. The van der Waals surface area contributed by atoms with Gasteiger partial charge in [0, 0.05) is 4.47 Å². The molecule has 0 amide bonds. The third-order valence-corrected chi connectivity index (χ3v) is 2.31. The summed E-state index contributed by atoms with van der Waals surface area (Å²) in [6.07, 6.45) is -1.19. The summed E-state index contributed by atoms with van der Waals surface area (Å²) < 4.78 is 0.770. The molecule has 4 N–H and O–H groups in total. The zero-order chi connectivity index (χ0) is 10.7. The molecule has 1 rings (SSSR count). The van der Waals surface area contributed by atoms with Gasteiger partial charge >= 0.3 is 5.97 Å². The minimum atomic E-state index is -1.30. The van der Waals surface area contributed by atoms with Crippen molar-refractivity contribution in [1.82, 2.24) is 0 Å². The summed E-state index contributed by atoms with van der Waals surface area (Å²) in [5.74, 6) is -1.22. The normalized spacial score (nSPS) is 14.8. The van der Waals surface area contributed by atoms with Crippen molar-refractivity contribution >= 4 is 21.9 Å². The van der Waals surface area contributed by atoms with Gasteiger partial charge in [0.15, 0.2) is 0 Å². The van der Waals surface area contributed by atoms with Crippen LogP contribution in [0.15, 0.2) is 28.7 Å². The maximum atomic E-state index is 10.5. The van der Waals surface area contributed by atoms with E-state index in [0.717, 1.165) is 4.47 Å². The fourth-order valence-corrected chi connectivity index (χ4v) is 1.45. The van der Waals surface area contributed by atoms with Crippen molar-refractivity contribution in [3.05, 3.63) is 34.3 Å². The maximum Gasteiger partial charge on any atom is 0.323 e. The minimum absolute atomic E-state index is 0.481. The molecule has 0 aromatic heterocycles. The first-order valence-electron chi connectivity index (χ1n) is 3.94. The van der Waals surface area contributed by atoms with E-state index in [1.807, 2.05) is 0 Å². The highest BCUT2D eigenvalue weighted by Gasteiger charge is 2.23. The summed E-state index contributed by atoms with van der Waals surface area (Å²) >= 11 is 3.22. The highest BCUT2D eigenvalue weighted by molar-refractivity contribution is 9.10. The van der Waals surface area contributed by atoms with Gasteiger partial charge in [0.05, 0.1) is 0 Å². The minimum Gasteiger partial charge on any atom is -0.480 e. The largest absolute Gasteiger partial charge is 0.480 e. The van der Waals surface area contributed by atoms with Gasteiger partial charge in [0.1, 0.15) is 12.1 Å². The number of aliphatic hydroxyl groups is 1. The number of aliphatic carboxylic acids is 1. The Labute approximate surface area is 89.5 Å². The molecule has 0 aliphatic heterocycles. The zero-order valence-electron chi connectivity index (χ0n) is 7.22. The lowest BCUT2D eigenvalue weighted by atomic mass is 10.0. The predicted molar refractivity (Wildman–Crippen MR) is 54.7 cm³/mol. The smallest absolute Gasteiger partial charge is 0.323 e. The molecule has 1 aromatic rings. The number of rotatable bonds is 3. The van der Waals surface area contributed by atoms with Crippen LogP contribution in [0.2, 0.25) is 0 Å². The molecule has 0 aliphatic rings. The summed E-state index contributed by atoms with van der Waals surface area (Å²) in [7, 11) is 0. The second-order valence-electron chi connectivity index (χ2n) is 2.86. The average Bonchev–Trinajstić information content (AvgIpc) is 2.15. The van der Waals surface area contributed by atoms with Crippen molar-refractivity contribution in [2.45, 2.75) is 12.1 Å². The molecule has 2 unspecified atom stereocenters. The molecule has 0 aliphatic carbocycles. The van der Waals surface area contributed by atoms with Gasteiger partial charge in [-0.25, -0.2) is 0 Å². The molecule has 5 heteroatoms. The molecule has 0 spiro atoms. The monoisotopic (exact) mass is 259 g/mol. The van der Waals surface area contributed by atoms with E-state index >= 15 is 0 Å². The van der Waals surface area contributed by atoms with Crippen LogP contribution in [0.1, 0.15) is 11.7 Å². The van der Waals surface area contributed by atoms with Crippen LogP contribution in [-0.2, 0) is 4.79 Å². The Morgan fingerprint density at radius 1 is 1.50 bits per heavy atom. The Hall–Kier alpha value is -0.910. The second-order valence-corrected chi connectivity index (χ2v) is 3.78. The maximum absolute atomic E-state index is 10.5. The van der Waals surface area contributed by atoms with Crippen molar-refractivity contribution in [2.75, 3.05) is 0 Å². The Morgan fingerprint density at radius 3 is 2.64 bits per heavy atom. The molecule has 76 valence electrons. The summed E-state index contributed by atoms with van der Waals surface area (Å²) in [5, 5.41) is 18.1. The second kappa shape index (κ2) is 4.54. The molecule has 2 atom stereocenters. The van der Waals surface area contributed by atoms with E-state index in [9.17, 15) is 9.90 Å². The first-order valence-corrected chi connectivity index (χ1v) is 4.73. The van der Waals surface area contributed by atoms with Crippen LogP contribution in [-0.4, -0.2) is 22.2 Å². The molecule has 0 bridgehead atoms. The van der Waals surface area contributed by atoms with Crippen LogP contribution in [0.5, 0.6) is 0 Å². The number of carboxylic acid groups (broad SMARTS) is 1. The highest BCUT2D eigenvalue weighted by Crippen LogP contribution is 2.19. The summed E-state index contributed by atoms with van der Waals surface area (Å²) in [5.41, 5.74) is 5.76. The van der Waals surface area contributed by atoms with E-state index in [1.54, 1.807) is 24.3 Å². The Morgan fingerprint density at radius 2 is 2.14 bits per heavy atom. The standard InChI is InChI=1S/C9H10BrNO3/c10-6-3-1-2-5(4-6)8(12)7(11)9(13)14/h1-4,7-8,12H,11H2,(H,13,14). The first kappa shape index (κ1) is 11.2. The number of aliphatic hydroxyl groups excluding tert-OH is 1. The lowest BCUT2D eigenvalue weighted by Crippen LogP contribution is -2.36. The molecule has 4 nitrogen and oxygen atoms in total. The molecule has 14 heavy (non-hydrogen) atoms. The van der Waals surface area contributed by atoms with Crippen LogP contribution >= 0.6 is 15.9 Å².